The molecular formula is C22H21F3N4O2S3. The lowest BCUT2D eigenvalue weighted by Crippen LogP contribution is -2.22. The van der Waals surface area contributed by atoms with Gasteiger partial charge >= 0.3 is 6.18 Å². The van der Waals surface area contributed by atoms with Crippen LogP contribution in [0.5, 0.6) is 0 Å². The number of amides is 2. The predicted octanol–water partition coefficient (Wildman–Crippen LogP) is 5.23. The molecule has 4 rings (SSSR count). The summed E-state index contributed by atoms with van der Waals surface area (Å²) in [6.07, 6.45) is -2.06. The topological polar surface area (TPSA) is 98.0 Å². The molecule has 2 heterocycles. The number of carbonyl (C=O) groups excluding carboxylic acids is 2. The maximum atomic E-state index is 13.1. The number of thiazole rings is 2. The molecule has 0 spiro atoms. The summed E-state index contributed by atoms with van der Waals surface area (Å²) in [7, 11) is 0. The lowest BCUT2D eigenvalue weighted by Gasteiger charge is -2.08. The van der Waals surface area contributed by atoms with E-state index in [0.29, 0.717) is 27.1 Å². The number of alkyl halides is 3. The minimum Gasteiger partial charge on any atom is -0.369 e. The van der Waals surface area contributed by atoms with Crippen LogP contribution in [-0.4, -0.2) is 27.0 Å². The first-order chi connectivity index (χ1) is 16.1. The van der Waals surface area contributed by atoms with Crippen LogP contribution in [0.25, 0.3) is 0 Å². The summed E-state index contributed by atoms with van der Waals surface area (Å²) in [4.78, 5) is 33.6. The number of nitrogens with zero attached hydrogens (tertiary/aromatic N) is 2. The van der Waals surface area contributed by atoms with E-state index >= 15 is 0 Å². The van der Waals surface area contributed by atoms with Crippen molar-refractivity contribution in [3.63, 3.8) is 0 Å². The van der Waals surface area contributed by atoms with Crippen molar-refractivity contribution in [2.45, 2.75) is 54.3 Å². The molecule has 1 aromatic carbocycles. The first kappa shape index (κ1) is 24.7. The molecule has 1 fully saturated rings. The van der Waals surface area contributed by atoms with E-state index in [1.54, 1.807) is 18.4 Å². The van der Waals surface area contributed by atoms with Crippen LogP contribution in [0, 0.1) is 0 Å². The zero-order valence-corrected chi connectivity index (χ0v) is 20.5. The highest BCUT2D eigenvalue weighted by atomic mass is 32.2. The van der Waals surface area contributed by atoms with E-state index in [4.69, 9.17) is 5.73 Å². The van der Waals surface area contributed by atoms with Gasteiger partial charge in [0.15, 0.2) is 9.47 Å². The molecule has 2 amide bonds. The van der Waals surface area contributed by atoms with Crippen LogP contribution in [0.1, 0.15) is 53.1 Å². The van der Waals surface area contributed by atoms with Crippen LogP contribution in [0.4, 0.5) is 18.3 Å². The molecule has 2 aromatic heterocycles. The Labute approximate surface area is 206 Å². The number of nitrogens with two attached hydrogens (primary N) is 1. The second kappa shape index (κ2) is 10.0. The first-order valence-electron chi connectivity index (χ1n) is 10.4. The number of aromatic nitrogens is 2. The van der Waals surface area contributed by atoms with Gasteiger partial charge in [-0.25, -0.2) is 9.97 Å². The second-order valence-electron chi connectivity index (χ2n) is 7.97. The Morgan fingerprint density at radius 3 is 2.74 bits per heavy atom. The number of nitrogens with one attached hydrogen (secondary N) is 1. The summed E-state index contributed by atoms with van der Waals surface area (Å²) in [5.41, 5.74) is 6.57. The van der Waals surface area contributed by atoms with Crippen molar-refractivity contribution in [3.8, 4) is 0 Å². The van der Waals surface area contributed by atoms with E-state index in [9.17, 15) is 22.8 Å². The van der Waals surface area contributed by atoms with Gasteiger partial charge in [-0.05, 0) is 31.4 Å². The van der Waals surface area contributed by atoms with Gasteiger partial charge in [-0.2, -0.15) is 13.2 Å². The predicted molar refractivity (Wildman–Crippen MR) is 127 cm³/mol. The maximum Gasteiger partial charge on any atom is 0.416 e. The van der Waals surface area contributed by atoms with Crippen molar-refractivity contribution >= 4 is 51.4 Å². The Morgan fingerprint density at radius 2 is 2.06 bits per heavy atom. The largest absolute Gasteiger partial charge is 0.416 e. The average molecular weight is 527 g/mol. The average Bonchev–Trinajstić information content (AvgIpc) is 3.40. The molecule has 1 unspecified atom stereocenters. The zero-order chi connectivity index (χ0) is 24.5. The summed E-state index contributed by atoms with van der Waals surface area (Å²) >= 11 is 3.87. The number of hydrogen-bond donors (Lipinski definition) is 2. The van der Waals surface area contributed by atoms with Crippen molar-refractivity contribution in [2.75, 3.05) is 5.32 Å². The van der Waals surface area contributed by atoms with E-state index in [-0.39, 0.29) is 18.2 Å². The second-order valence-corrected chi connectivity index (χ2v) is 11.5. The smallest absolute Gasteiger partial charge is 0.369 e. The monoisotopic (exact) mass is 526 g/mol. The van der Waals surface area contributed by atoms with E-state index in [0.717, 1.165) is 35.5 Å². The highest BCUT2D eigenvalue weighted by molar-refractivity contribution is 8.02. The van der Waals surface area contributed by atoms with Crippen LogP contribution in [0.2, 0.25) is 0 Å². The zero-order valence-electron chi connectivity index (χ0n) is 18.0. The number of hydrogen-bond acceptors (Lipinski definition) is 7. The van der Waals surface area contributed by atoms with Crippen LogP contribution in [-0.2, 0) is 28.6 Å². The first-order valence-corrected chi connectivity index (χ1v) is 13.0. The van der Waals surface area contributed by atoms with Gasteiger partial charge in [0.2, 0.25) is 11.8 Å². The fourth-order valence-electron chi connectivity index (χ4n) is 3.22. The number of anilines is 1. The van der Waals surface area contributed by atoms with Crippen LogP contribution < -0.4 is 11.1 Å². The molecule has 1 aliphatic carbocycles. The molecule has 0 bridgehead atoms. The molecule has 180 valence electrons. The standard InChI is InChI=1S/C22H21F3N4O2S3/c1-11(19(26)31)33-21-27-15(10-32-21)9-17(30)28-20-29-18(13-5-6-13)16(34-20)8-12-3-2-4-14(7-12)22(23,24)25/h2-4,7,10-11,13H,5-6,8-9H2,1H3,(H2,26,31)(H,28,29,30). The third-order valence-electron chi connectivity index (χ3n) is 5.11. The van der Waals surface area contributed by atoms with Gasteiger partial charge in [-0.3, -0.25) is 9.59 Å². The van der Waals surface area contributed by atoms with Gasteiger partial charge in [0.05, 0.1) is 28.6 Å². The molecular weight excluding hydrogens is 505 g/mol. The summed E-state index contributed by atoms with van der Waals surface area (Å²) in [6.45, 7) is 1.69. The lowest BCUT2D eigenvalue weighted by atomic mass is 10.1. The third kappa shape index (κ3) is 6.36. The van der Waals surface area contributed by atoms with E-state index < -0.39 is 22.9 Å². The molecule has 12 heteroatoms. The Kier molecular flexibility index (Phi) is 7.29. The fourth-order valence-corrected chi connectivity index (χ4v) is 6.25. The SMILES string of the molecule is CC(Sc1nc(CC(=O)Nc2nc(C3CC3)c(Cc3cccc(C(F)(F)F)c3)s2)cs1)C(N)=O. The summed E-state index contributed by atoms with van der Waals surface area (Å²) in [5.74, 6) is -0.435. The van der Waals surface area contributed by atoms with Crippen molar-refractivity contribution in [2.24, 2.45) is 5.73 Å². The number of carbonyl (C=O) groups is 2. The molecule has 0 radical (unpaired) electrons. The molecule has 3 aromatic rings. The van der Waals surface area contributed by atoms with Crippen LogP contribution in [0.3, 0.4) is 0 Å². The van der Waals surface area contributed by atoms with Gasteiger partial charge in [0.25, 0.3) is 0 Å². The van der Waals surface area contributed by atoms with Crippen molar-refractivity contribution in [1.82, 2.24) is 9.97 Å². The molecule has 1 atom stereocenters. The number of primary amides is 1. The summed E-state index contributed by atoms with van der Waals surface area (Å²) in [6, 6.07) is 5.29. The minimum absolute atomic E-state index is 0.0450. The van der Waals surface area contributed by atoms with Gasteiger partial charge < -0.3 is 11.1 Å². The highest BCUT2D eigenvalue weighted by Crippen LogP contribution is 2.44. The lowest BCUT2D eigenvalue weighted by molar-refractivity contribution is -0.137. The molecule has 6 nitrogen and oxygen atoms in total. The summed E-state index contributed by atoms with van der Waals surface area (Å²) < 4.78 is 39.9. The summed E-state index contributed by atoms with van der Waals surface area (Å²) in [5, 5.41) is 4.57. The van der Waals surface area contributed by atoms with E-state index in [1.165, 1.54) is 40.5 Å². The fraction of sp³-hybridized carbons (Fsp3) is 0.364. The van der Waals surface area contributed by atoms with Crippen molar-refractivity contribution in [3.05, 3.63) is 57.0 Å². The van der Waals surface area contributed by atoms with Gasteiger partial charge in [0, 0.05) is 22.6 Å². The quantitative estimate of drug-likeness (QED) is 0.372. The number of benzene rings is 1. The number of halogens is 3. The molecule has 1 saturated carbocycles. The molecule has 0 aliphatic heterocycles. The Balaban J connectivity index is 1.43. The Bertz CT molecular complexity index is 1200. The van der Waals surface area contributed by atoms with E-state index in [1.807, 2.05) is 0 Å². The van der Waals surface area contributed by atoms with Crippen molar-refractivity contribution in [1.29, 1.82) is 0 Å². The third-order valence-corrected chi connectivity index (χ3v) is 8.23. The Hall–Kier alpha value is -2.44. The van der Waals surface area contributed by atoms with E-state index in [2.05, 4.69) is 15.3 Å². The molecule has 1 aliphatic rings. The minimum atomic E-state index is -4.39. The van der Waals surface area contributed by atoms with Gasteiger partial charge in [0.1, 0.15) is 0 Å². The molecule has 0 saturated heterocycles. The number of rotatable bonds is 9. The molecule has 3 N–H and O–H groups in total. The van der Waals surface area contributed by atoms with Crippen LogP contribution in [0.15, 0.2) is 34.0 Å². The van der Waals surface area contributed by atoms with Gasteiger partial charge in [-0.1, -0.05) is 30.0 Å². The Morgan fingerprint density at radius 1 is 1.29 bits per heavy atom. The normalized spacial score (nSPS) is 14.7. The maximum absolute atomic E-state index is 13.1. The van der Waals surface area contributed by atoms with Crippen LogP contribution >= 0.6 is 34.4 Å². The van der Waals surface area contributed by atoms with Gasteiger partial charge in [-0.15, -0.1) is 22.7 Å². The highest BCUT2D eigenvalue weighted by Gasteiger charge is 2.32. The van der Waals surface area contributed by atoms with Crippen molar-refractivity contribution < 1.29 is 22.8 Å². The molecule has 34 heavy (non-hydrogen) atoms. The number of thioether (sulfide) groups is 1.